The Morgan fingerprint density at radius 2 is 2.09 bits per heavy atom. The van der Waals surface area contributed by atoms with Crippen LogP contribution >= 0.6 is 0 Å². The SMILES string of the molecule is CC(C)CNS(=O)(=O)c1cc2c3c(c1)[C@@H](C)C(=O)N3CCC2. The summed E-state index contributed by atoms with van der Waals surface area (Å²) in [7, 11) is -3.52. The normalized spacial score (nSPS) is 20.6. The number of benzene rings is 1. The van der Waals surface area contributed by atoms with Crippen LogP contribution in [0.5, 0.6) is 0 Å². The number of amides is 1. The van der Waals surface area contributed by atoms with Gasteiger partial charge in [-0.3, -0.25) is 4.79 Å². The van der Waals surface area contributed by atoms with Crippen LogP contribution in [0, 0.1) is 5.92 Å². The molecule has 0 aromatic heterocycles. The Morgan fingerprint density at radius 3 is 2.77 bits per heavy atom. The van der Waals surface area contributed by atoms with Gasteiger partial charge in [-0.15, -0.1) is 0 Å². The van der Waals surface area contributed by atoms with Crippen molar-refractivity contribution in [2.24, 2.45) is 5.92 Å². The van der Waals surface area contributed by atoms with Crippen LogP contribution in [0.1, 0.15) is 44.2 Å². The molecule has 0 saturated carbocycles. The van der Waals surface area contributed by atoms with Gasteiger partial charge in [0, 0.05) is 13.1 Å². The van der Waals surface area contributed by atoms with Crippen molar-refractivity contribution in [1.82, 2.24) is 4.72 Å². The molecule has 0 unspecified atom stereocenters. The fourth-order valence-corrected chi connectivity index (χ4v) is 4.48. The summed E-state index contributed by atoms with van der Waals surface area (Å²) >= 11 is 0. The maximum Gasteiger partial charge on any atom is 0.240 e. The van der Waals surface area contributed by atoms with Crippen LogP contribution in [0.2, 0.25) is 0 Å². The van der Waals surface area contributed by atoms with E-state index in [1.165, 1.54) is 0 Å². The Bertz CT molecular complexity index is 725. The second kappa shape index (κ2) is 5.35. The van der Waals surface area contributed by atoms with E-state index in [2.05, 4.69) is 4.72 Å². The molecule has 2 aliphatic heterocycles. The van der Waals surface area contributed by atoms with Gasteiger partial charge in [0.05, 0.1) is 16.5 Å². The Morgan fingerprint density at radius 1 is 1.36 bits per heavy atom. The molecule has 0 fully saturated rings. The lowest BCUT2D eigenvalue weighted by Crippen LogP contribution is -2.32. The number of nitrogens with one attached hydrogen (secondary N) is 1. The Hall–Kier alpha value is -1.40. The molecule has 120 valence electrons. The zero-order chi connectivity index (χ0) is 16.1. The van der Waals surface area contributed by atoms with E-state index in [9.17, 15) is 13.2 Å². The van der Waals surface area contributed by atoms with Crippen LogP contribution in [0.25, 0.3) is 0 Å². The molecule has 1 atom stereocenters. The first-order valence-electron chi connectivity index (χ1n) is 7.79. The topological polar surface area (TPSA) is 66.5 Å². The molecule has 1 amide bonds. The third-order valence-corrected chi connectivity index (χ3v) is 5.79. The molecule has 0 spiro atoms. The van der Waals surface area contributed by atoms with Gasteiger partial charge in [-0.2, -0.15) is 0 Å². The monoisotopic (exact) mass is 322 g/mol. The minimum Gasteiger partial charge on any atom is -0.311 e. The number of anilines is 1. The lowest BCUT2D eigenvalue weighted by Gasteiger charge is -2.26. The lowest BCUT2D eigenvalue weighted by atomic mass is 9.97. The van der Waals surface area contributed by atoms with E-state index in [-0.39, 0.29) is 22.6 Å². The van der Waals surface area contributed by atoms with Crippen LogP contribution in [0.4, 0.5) is 5.69 Å². The van der Waals surface area contributed by atoms with Gasteiger partial charge in [0.2, 0.25) is 15.9 Å². The average molecular weight is 322 g/mol. The highest BCUT2D eigenvalue weighted by Gasteiger charge is 2.38. The first-order chi connectivity index (χ1) is 10.3. The number of hydrogen-bond acceptors (Lipinski definition) is 3. The van der Waals surface area contributed by atoms with Crippen molar-refractivity contribution in [2.45, 2.75) is 44.4 Å². The summed E-state index contributed by atoms with van der Waals surface area (Å²) < 4.78 is 27.6. The molecule has 5 nitrogen and oxygen atoms in total. The van der Waals surface area contributed by atoms with Crippen LogP contribution < -0.4 is 9.62 Å². The van der Waals surface area contributed by atoms with Gasteiger partial charge in [-0.25, -0.2) is 13.1 Å². The zero-order valence-corrected chi connectivity index (χ0v) is 14.0. The molecule has 0 radical (unpaired) electrons. The van der Waals surface area contributed by atoms with Crippen molar-refractivity contribution in [3.05, 3.63) is 23.3 Å². The molecule has 0 aliphatic carbocycles. The molecule has 1 aromatic carbocycles. The van der Waals surface area contributed by atoms with Gasteiger partial charge < -0.3 is 4.90 Å². The zero-order valence-electron chi connectivity index (χ0n) is 13.2. The maximum atomic E-state index is 12.5. The van der Waals surface area contributed by atoms with Crippen molar-refractivity contribution in [1.29, 1.82) is 0 Å². The summed E-state index contributed by atoms with van der Waals surface area (Å²) in [5.74, 6) is 0.0753. The van der Waals surface area contributed by atoms with Crippen molar-refractivity contribution < 1.29 is 13.2 Å². The Balaban J connectivity index is 2.05. The fraction of sp³-hybridized carbons (Fsp3) is 0.562. The first kappa shape index (κ1) is 15.5. The number of aryl methyl sites for hydroxylation is 1. The van der Waals surface area contributed by atoms with Crippen molar-refractivity contribution in [2.75, 3.05) is 18.0 Å². The summed E-state index contributed by atoms with van der Waals surface area (Å²) in [4.78, 5) is 14.4. The molecule has 0 saturated heterocycles. The molecule has 1 N–H and O–H groups in total. The van der Waals surface area contributed by atoms with E-state index in [0.717, 1.165) is 36.2 Å². The molecule has 6 heteroatoms. The predicted molar refractivity (Wildman–Crippen MR) is 85.6 cm³/mol. The van der Waals surface area contributed by atoms with E-state index >= 15 is 0 Å². The quantitative estimate of drug-likeness (QED) is 0.922. The van der Waals surface area contributed by atoms with Crippen LogP contribution in [0.3, 0.4) is 0 Å². The average Bonchev–Trinajstić information content (AvgIpc) is 2.72. The summed E-state index contributed by atoms with van der Waals surface area (Å²) in [6.07, 6.45) is 1.71. The van der Waals surface area contributed by atoms with Gasteiger partial charge in [0.15, 0.2) is 0 Å². The van der Waals surface area contributed by atoms with E-state index in [1.807, 2.05) is 25.7 Å². The van der Waals surface area contributed by atoms with Crippen molar-refractivity contribution >= 4 is 21.6 Å². The van der Waals surface area contributed by atoms with Gasteiger partial charge in [-0.05, 0) is 48.9 Å². The highest BCUT2D eigenvalue weighted by atomic mass is 32.2. The van der Waals surface area contributed by atoms with Gasteiger partial charge in [0.25, 0.3) is 0 Å². The van der Waals surface area contributed by atoms with Crippen molar-refractivity contribution in [3.8, 4) is 0 Å². The Labute approximate surface area is 131 Å². The molecular formula is C16H22N2O3S. The minimum atomic E-state index is -3.52. The summed E-state index contributed by atoms with van der Waals surface area (Å²) in [5, 5.41) is 0. The fourth-order valence-electron chi connectivity index (χ4n) is 3.18. The summed E-state index contributed by atoms with van der Waals surface area (Å²) in [5.41, 5.74) is 2.78. The van der Waals surface area contributed by atoms with Crippen LogP contribution in [-0.2, 0) is 21.2 Å². The second-order valence-electron chi connectivity index (χ2n) is 6.58. The molecule has 2 heterocycles. The van der Waals surface area contributed by atoms with Gasteiger partial charge in [0.1, 0.15) is 0 Å². The third-order valence-electron chi connectivity index (χ3n) is 4.38. The Kier molecular flexibility index (Phi) is 3.77. The van der Waals surface area contributed by atoms with Crippen LogP contribution in [0.15, 0.2) is 17.0 Å². The highest BCUT2D eigenvalue weighted by molar-refractivity contribution is 7.89. The van der Waals surface area contributed by atoms with Gasteiger partial charge >= 0.3 is 0 Å². The van der Waals surface area contributed by atoms with Crippen molar-refractivity contribution in [3.63, 3.8) is 0 Å². The van der Waals surface area contributed by atoms with E-state index in [4.69, 9.17) is 0 Å². The number of hydrogen-bond donors (Lipinski definition) is 1. The van der Waals surface area contributed by atoms with E-state index < -0.39 is 10.0 Å². The standard InChI is InChI=1S/C16H22N2O3S/c1-10(2)9-17-22(20,21)13-7-12-5-4-6-18-15(12)14(8-13)11(3)16(18)19/h7-8,10-11,17H,4-6,9H2,1-3H3/t11-/m1/s1. The summed E-state index contributed by atoms with van der Waals surface area (Å²) in [6, 6.07) is 3.41. The number of carbonyl (C=O) groups excluding carboxylic acids is 1. The molecule has 1 aromatic rings. The predicted octanol–water partition coefficient (Wildman–Crippen LogP) is 2.02. The smallest absolute Gasteiger partial charge is 0.240 e. The molecule has 2 aliphatic rings. The molecular weight excluding hydrogens is 300 g/mol. The summed E-state index contributed by atoms with van der Waals surface area (Å²) in [6.45, 7) is 6.94. The lowest BCUT2D eigenvalue weighted by molar-refractivity contribution is -0.119. The first-order valence-corrected chi connectivity index (χ1v) is 9.27. The van der Waals surface area contributed by atoms with Gasteiger partial charge in [-0.1, -0.05) is 13.8 Å². The minimum absolute atomic E-state index is 0.0839. The highest BCUT2D eigenvalue weighted by Crippen LogP contribution is 2.43. The number of nitrogens with zero attached hydrogens (tertiary/aromatic N) is 1. The molecule has 0 bridgehead atoms. The second-order valence-corrected chi connectivity index (χ2v) is 8.35. The maximum absolute atomic E-state index is 12.5. The number of sulfonamides is 1. The third kappa shape index (κ3) is 2.44. The molecule has 22 heavy (non-hydrogen) atoms. The van der Waals surface area contributed by atoms with E-state index in [1.54, 1.807) is 12.1 Å². The van der Waals surface area contributed by atoms with E-state index in [0.29, 0.717) is 6.54 Å². The largest absolute Gasteiger partial charge is 0.311 e. The number of rotatable bonds is 4. The number of carbonyl (C=O) groups is 1. The van der Waals surface area contributed by atoms with Crippen LogP contribution in [-0.4, -0.2) is 27.4 Å². The molecule has 3 rings (SSSR count).